The second-order valence-electron chi connectivity index (χ2n) is 4.69. The molecular weight excluding hydrogens is 244 g/mol. The fraction of sp³-hybridized carbons (Fsp3) is 0.900. The number of ether oxygens (including phenoxy) is 1. The van der Waals surface area contributed by atoms with E-state index in [0.29, 0.717) is 6.54 Å². The van der Waals surface area contributed by atoms with Crippen molar-refractivity contribution < 1.29 is 17.9 Å². The molecule has 0 saturated heterocycles. The molecule has 0 aliphatic heterocycles. The topological polar surface area (TPSA) is 89.7 Å². The molecule has 6 nitrogen and oxygen atoms in total. The standard InChI is InChI=1S/C10H22N2O4S/c1-5-16-9(13)6-17(14,15)12(4)8-10(2,3)7-11/h5-8,11H2,1-4H3. The highest BCUT2D eigenvalue weighted by Gasteiger charge is 2.28. The van der Waals surface area contributed by atoms with Crippen molar-refractivity contribution in [3.8, 4) is 0 Å². The Hall–Kier alpha value is -0.660. The van der Waals surface area contributed by atoms with E-state index in [4.69, 9.17) is 5.73 Å². The van der Waals surface area contributed by atoms with Crippen molar-refractivity contribution in [3.63, 3.8) is 0 Å². The van der Waals surface area contributed by atoms with Crippen molar-refractivity contribution in [1.82, 2.24) is 4.31 Å². The van der Waals surface area contributed by atoms with Crippen LogP contribution in [0, 0.1) is 5.41 Å². The van der Waals surface area contributed by atoms with Crippen molar-refractivity contribution in [2.24, 2.45) is 11.1 Å². The molecule has 0 amide bonds. The number of rotatable bonds is 7. The first-order chi connectivity index (χ1) is 7.64. The molecule has 0 heterocycles. The van der Waals surface area contributed by atoms with E-state index in [2.05, 4.69) is 4.74 Å². The molecule has 7 heteroatoms. The number of sulfonamides is 1. The first-order valence-electron chi connectivity index (χ1n) is 5.44. The minimum absolute atomic E-state index is 0.173. The van der Waals surface area contributed by atoms with Gasteiger partial charge in [0, 0.05) is 13.6 Å². The molecule has 0 aromatic rings. The Kier molecular flexibility index (Phi) is 6.08. The average molecular weight is 266 g/mol. The van der Waals surface area contributed by atoms with E-state index in [1.165, 1.54) is 7.05 Å². The van der Waals surface area contributed by atoms with E-state index in [-0.39, 0.29) is 18.6 Å². The van der Waals surface area contributed by atoms with Gasteiger partial charge in [0.2, 0.25) is 10.0 Å². The molecule has 0 aromatic heterocycles. The van der Waals surface area contributed by atoms with Gasteiger partial charge in [-0.2, -0.15) is 0 Å². The molecule has 0 radical (unpaired) electrons. The summed E-state index contributed by atoms with van der Waals surface area (Å²) in [6, 6.07) is 0. The van der Waals surface area contributed by atoms with Crippen LogP contribution in [0.4, 0.5) is 0 Å². The summed E-state index contributed by atoms with van der Waals surface area (Å²) in [7, 11) is -2.19. The molecule has 17 heavy (non-hydrogen) atoms. The molecule has 102 valence electrons. The van der Waals surface area contributed by atoms with Crippen LogP contribution >= 0.6 is 0 Å². The molecule has 0 aliphatic carbocycles. The molecule has 0 aliphatic rings. The summed E-state index contributed by atoms with van der Waals surface area (Å²) in [4.78, 5) is 11.1. The van der Waals surface area contributed by atoms with Gasteiger partial charge in [0.15, 0.2) is 5.75 Å². The Labute approximate surface area is 103 Å². The summed E-state index contributed by atoms with van der Waals surface area (Å²) < 4.78 is 29.4. The summed E-state index contributed by atoms with van der Waals surface area (Å²) in [5, 5.41) is 0. The Balaban J connectivity index is 4.56. The molecule has 0 spiro atoms. The molecule has 0 aromatic carbocycles. The average Bonchev–Trinajstić information content (AvgIpc) is 2.16. The van der Waals surface area contributed by atoms with Crippen LogP contribution in [0.1, 0.15) is 20.8 Å². The SMILES string of the molecule is CCOC(=O)CS(=O)(=O)N(C)CC(C)(C)CN. The van der Waals surface area contributed by atoms with Crippen molar-refractivity contribution in [2.45, 2.75) is 20.8 Å². The van der Waals surface area contributed by atoms with Gasteiger partial charge < -0.3 is 10.5 Å². The Bertz CT molecular complexity index is 351. The summed E-state index contributed by atoms with van der Waals surface area (Å²) in [6.45, 7) is 6.17. The number of carbonyl (C=O) groups excluding carboxylic acids is 1. The van der Waals surface area contributed by atoms with Gasteiger partial charge in [-0.1, -0.05) is 13.8 Å². The predicted octanol–water partition coefficient (Wildman–Crippen LogP) is -0.204. The highest BCUT2D eigenvalue weighted by Crippen LogP contribution is 2.16. The van der Waals surface area contributed by atoms with Crippen molar-refractivity contribution in [1.29, 1.82) is 0 Å². The zero-order valence-electron chi connectivity index (χ0n) is 10.9. The van der Waals surface area contributed by atoms with Crippen molar-refractivity contribution >= 4 is 16.0 Å². The van der Waals surface area contributed by atoms with Crippen LogP contribution in [0.5, 0.6) is 0 Å². The zero-order valence-corrected chi connectivity index (χ0v) is 11.7. The van der Waals surface area contributed by atoms with Gasteiger partial charge in [-0.25, -0.2) is 12.7 Å². The molecule has 0 atom stereocenters. The maximum Gasteiger partial charge on any atom is 0.322 e. The van der Waals surface area contributed by atoms with Gasteiger partial charge in [-0.05, 0) is 18.9 Å². The molecule has 0 unspecified atom stereocenters. The van der Waals surface area contributed by atoms with Crippen LogP contribution in [-0.4, -0.2) is 51.2 Å². The zero-order chi connectivity index (χ0) is 13.7. The molecule has 0 rings (SSSR count). The maximum absolute atomic E-state index is 11.8. The first-order valence-corrected chi connectivity index (χ1v) is 7.05. The van der Waals surface area contributed by atoms with E-state index >= 15 is 0 Å². The largest absolute Gasteiger partial charge is 0.465 e. The number of esters is 1. The first kappa shape index (κ1) is 16.3. The monoisotopic (exact) mass is 266 g/mol. The van der Waals surface area contributed by atoms with Crippen LogP contribution in [0.2, 0.25) is 0 Å². The molecule has 0 saturated carbocycles. The number of hydrogen-bond donors (Lipinski definition) is 1. The second-order valence-corrected chi connectivity index (χ2v) is 6.76. The highest BCUT2D eigenvalue weighted by molar-refractivity contribution is 7.89. The van der Waals surface area contributed by atoms with Crippen LogP contribution in [-0.2, 0) is 19.6 Å². The number of nitrogens with zero attached hydrogens (tertiary/aromatic N) is 1. The molecule has 0 bridgehead atoms. The van der Waals surface area contributed by atoms with E-state index in [9.17, 15) is 13.2 Å². The van der Waals surface area contributed by atoms with Crippen molar-refractivity contribution in [3.05, 3.63) is 0 Å². The third kappa shape index (κ3) is 5.99. The van der Waals surface area contributed by atoms with E-state index in [1.807, 2.05) is 13.8 Å². The summed E-state index contributed by atoms with van der Waals surface area (Å²) in [5.74, 6) is -1.36. The third-order valence-electron chi connectivity index (χ3n) is 2.28. The van der Waals surface area contributed by atoms with Gasteiger partial charge >= 0.3 is 5.97 Å². The van der Waals surface area contributed by atoms with Gasteiger partial charge in [0.1, 0.15) is 0 Å². The maximum atomic E-state index is 11.8. The Morgan fingerprint density at radius 1 is 1.41 bits per heavy atom. The second kappa shape index (κ2) is 6.32. The lowest BCUT2D eigenvalue weighted by molar-refractivity contribution is -0.140. The van der Waals surface area contributed by atoms with E-state index in [1.54, 1.807) is 6.92 Å². The van der Waals surface area contributed by atoms with Gasteiger partial charge in [0.05, 0.1) is 6.61 Å². The fourth-order valence-corrected chi connectivity index (χ4v) is 2.38. The Morgan fingerprint density at radius 2 is 1.94 bits per heavy atom. The smallest absolute Gasteiger partial charge is 0.322 e. The summed E-state index contributed by atoms with van der Waals surface area (Å²) in [5.41, 5.74) is 5.21. The summed E-state index contributed by atoms with van der Waals surface area (Å²) >= 11 is 0. The van der Waals surface area contributed by atoms with Gasteiger partial charge in [-0.15, -0.1) is 0 Å². The lowest BCUT2D eigenvalue weighted by atomic mass is 9.94. The Morgan fingerprint density at radius 3 is 2.35 bits per heavy atom. The van der Waals surface area contributed by atoms with Crippen LogP contribution < -0.4 is 5.73 Å². The minimum Gasteiger partial charge on any atom is -0.465 e. The normalized spacial score (nSPS) is 12.8. The number of carbonyl (C=O) groups is 1. The van der Waals surface area contributed by atoms with Crippen molar-refractivity contribution in [2.75, 3.05) is 32.5 Å². The molecular formula is C10H22N2O4S. The number of hydrogen-bond acceptors (Lipinski definition) is 5. The molecule has 2 N–H and O–H groups in total. The quantitative estimate of drug-likeness (QED) is 0.644. The lowest BCUT2D eigenvalue weighted by Crippen LogP contribution is -2.41. The van der Waals surface area contributed by atoms with Crippen LogP contribution in [0.15, 0.2) is 0 Å². The third-order valence-corrected chi connectivity index (χ3v) is 3.96. The van der Waals surface area contributed by atoms with E-state index in [0.717, 1.165) is 4.31 Å². The predicted molar refractivity (Wildman–Crippen MR) is 65.9 cm³/mol. The van der Waals surface area contributed by atoms with Gasteiger partial charge in [-0.3, -0.25) is 4.79 Å². The molecule has 0 fully saturated rings. The highest BCUT2D eigenvalue weighted by atomic mass is 32.2. The minimum atomic E-state index is -3.62. The number of nitrogens with two attached hydrogens (primary N) is 1. The van der Waals surface area contributed by atoms with Crippen LogP contribution in [0.25, 0.3) is 0 Å². The van der Waals surface area contributed by atoms with Crippen LogP contribution in [0.3, 0.4) is 0 Å². The lowest BCUT2D eigenvalue weighted by Gasteiger charge is -2.28. The summed E-state index contributed by atoms with van der Waals surface area (Å²) in [6.07, 6.45) is 0. The van der Waals surface area contributed by atoms with E-state index < -0.39 is 21.7 Å². The van der Waals surface area contributed by atoms with Gasteiger partial charge in [0.25, 0.3) is 0 Å². The fourth-order valence-electron chi connectivity index (χ4n) is 1.23.